The Morgan fingerprint density at radius 1 is 1.40 bits per heavy atom. The maximum atomic E-state index is 12.2. The summed E-state index contributed by atoms with van der Waals surface area (Å²) in [5.41, 5.74) is 0.992. The molecule has 0 fully saturated rings. The van der Waals surface area contributed by atoms with Gasteiger partial charge in [-0.15, -0.1) is 0 Å². The van der Waals surface area contributed by atoms with Gasteiger partial charge >= 0.3 is 0 Å². The van der Waals surface area contributed by atoms with Gasteiger partial charge in [0.15, 0.2) is 0 Å². The largest absolute Gasteiger partial charge is 0.349 e. The first-order valence-corrected chi connectivity index (χ1v) is 9.69. The van der Waals surface area contributed by atoms with Crippen LogP contribution in [0.1, 0.15) is 26.5 Å². The maximum absolute atomic E-state index is 12.2. The molecule has 0 radical (unpaired) electrons. The van der Waals surface area contributed by atoms with E-state index in [2.05, 4.69) is 23.9 Å². The molecule has 1 aromatic rings. The van der Waals surface area contributed by atoms with E-state index in [1.54, 1.807) is 24.0 Å². The quantitative estimate of drug-likeness (QED) is 0.679. The van der Waals surface area contributed by atoms with Gasteiger partial charge in [0.05, 0.1) is 4.90 Å². The third-order valence-electron chi connectivity index (χ3n) is 2.90. The lowest BCUT2D eigenvalue weighted by Gasteiger charge is -2.09. The summed E-state index contributed by atoms with van der Waals surface area (Å²) < 4.78 is 28.9. The molecule has 7 heteroatoms. The first-order chi connectivity index (χ1) is 9.40. The molecule has 20 heavy (non-hydrogen) atoms. The number of aromatic nitrogens is 1. The van der Waals surface area contributed by atoms with E-state index in [1.165, 1.54) is 0 Å². The molecule has 1 aromatic heterocycles. The second kappa shape index (κ2) is 8.07. The van der Waals surface area contributed by atoms with E-state index in [-0.39, 0.29) is 0 Å². The molecule has 0 unspecified atom stereocenters. The molecular formula is C13H25N3O2S2. The molecule has 0 saturated carbocycles. The van der Waals surface area contributed by atoms with Crippen LogP contribution in [0.2, 0.25) is 0 Å². The minimum Gasteiger partial charge on any atom is -0.349 e. The maximum Gasteiger partial charge on any atom is 0.242 e. The third-order valence-corrected chi connectivity index (χ3v) is 4.94. The zero-order chi connectivity index (χ0) is 15.2. The molecule has 0 aromatic carbocycles. The van der Waals surface area contributed by atoms with Crippen molar-refractivity contribution in [1.82, 2.24) is 14.6 Å². The summed E-state index contributed by atoms with van der Waals surface area (Å²) in [6, 6.07) is 2.12. The van der Waals surface area contributed by atoms with Crippen LogP contribution in [-0.2, 0) is 23.1 Å². The lowest BCUT2D eigenvalue weighted by molar-refractivity contribution is 0.561. The van der Waals surface area contributed by atoms with E-state index in [4.69, 9.17) is 0 Å². The van der Waals surface area contributed by atoms with Crippen molar-refractivity contribution in [3.05, 3.63) is 18.0 Å². The Bertz CT molecular complexity index is 510. The molecule has 0 aliphatic rings. The number of hydrogen-bond donors (Lipinski definition) is 2. The predicted octanol–water partition coefficient (Wildman–Crippen LogP) is 1.65. The SMILES string of the molecule is CCn1cc(S(=O)(=O)NCCSC)cc1CNC(C)C. The van der Waals surface area contributed by atoms with Gasteiger partial charge in [-0.2, -0.15) is 11.8 Å². The number of aryl methyl sites for hydroxylation is 1. The molecule has 0 spiro atoms. The standard InChI is InChI=1S/C13H25N3O2S2/c1-5-16-10-13(8-12(16)9-14-11(2)3)20(17,18)15-6-7-19-4/h8,10-11,14-15H,5-7,9H2,1-4H3. The van der Waals surface area contributed by atoms with Crippen LogP contribution in [0.15, 0.2) is 17.2 Å². The molecule has 2 N–H and O–H groups in total. The Labute approximate surface area is 126 Å². The van der Waals surface area contributed by atoms with E-state index >= 15 is 0 Å². The lowest BCUT2D eigenvalue weighted by Crippen LogP contribution is -2.25. The lowest BCUT2D eigenvalue weighted by atomic mass is 10.3. The van der Waals surface area contributed by atoms with Crippen molar-refractivity contribution >= 4 is 21.8 Å². The Morgan fingerprint density at radius 3 is 2.65 bits per heavy atom. The van der Waals surface area contributed by atoms with Gasteiger partial charge in [0, 0.05) is 43.3 Å². The van der Waals surface area contributed by atoms with Gasteiger partial charge in [-0.05, 0) is 19.2 Å². The summed E-state index contributed by atoms with van der Waals surface area (Å²) in [7, 11) is -3.39. The first kappa shape index (κ1) is 17.6. The molecule has 1 heterocycles. The van der Waals surface area contributed by atoms with Gasteiger partial charge in [0.1, 0.15) is 0 Å². The van der Waals surface area contributed by atoms with Crippen molar-refractivity contribution in [1.29, 1.82) is 0 Å². The Morgan fingerprint density at radius 2 is 2.10 bits per heavy atom. The highest BCUT2D eigenvalue weighted by atomic mass is 32.2. The summed E-state index contributed by atoms with van der Waals surface area (Å²) in [6.45, 7) is 8.04. The number of rotatable bonds is 9. The Balaban J connectivity index is 2.85. The number of thioether (sulfide) groups is 1. The predicted molar refractivity (Wildman–Crippen MR) is 85.7 cm³/mol. The van der Waals surface area contributed by atoms with Crippen LogP contribution < -0.4 is 10.0 Å². The van der Waals surface area contributed by atoms with E-state index < -0.39 is 10.0 Å². The fraction of sp³-hybridized carbons (Fsp3) is 0.692. The van der Waals surface area contributed by atoms with E-state index in [0.29, 0.717) is 24.0 Å². The van der Waals surface area contributed by atoms with E-state index in [0.717, 1.165) is 18.0 Å². The van der Waals surface area contributed by atoms with Crippen LogP contribution in [-0.4, -0.2) is 37.6 Å². The molecule has 0 aliphatic carbocycles. The van der Waals surface area contributed by atoms with Crippen LogP contribution in [0, 0.1) is 0 Å². The third kappa shape index (κ3) is 5.12. The molecule has 0 atom stereocenters. The van der Waals surface area contributed by atoms with Crippen molar-refractivity contribution in [3.8, 4) is 0 Å². The zero-order valence-corrected chi connectivity index (χ0v) is 14.3. The van der Waals surface area contributed by atoms with Crippen LogP contribution >= 0.6 is 11.8 Å². The van der Waals surface area contributed by atoms with Crippen LogP contribution in [0.3, 0.4) is 0 Å². The summed E-state index contributed by atoms with van der Waals surface area (Å²) in [4.78, 5) is 0.348. The molecule has 1 rings (SSSR count). The fourth-order valence-corrected chi connectivity index (χ4v) is 3.31. The average Bonchev–Trinajstić information content (AvgIpc) is 2.80. The van der Waals surface area contributed by atoms with Gasteiger partial charge < -0.3 is 9.88 Å². The van der Waals surface area contributed by atoms with Gasteiger partial charge in [-0.3, -0.25) is 0 Å². The Hall–Kier alpha value is -0.500. The summed E-state index contributed by atoms with van der Waals surface area (Å²) in [5.74, 6) is 0.773. The van der Waals surface area contributed by atoms with Gasteiger partial charge in [-0.25, -0.2) is 13.1 Å². The smallest absolute Gasteiger partial charge is 0.242 e. The summed E-state index contributed by atoms with van der Waals surface area (Å²) in [5, 5.41) is 3.31. The minimum absolute atomic E-state index is 0.348. The molecule has 0 aliphatic heterocycles. The van der Waals surface area contributed by atoms with Crippen molar-refractivity contribution in [2.24, 2.45) is 0 Å². The van der Waals surface area contributed by atoms with Crippen LogP contribution in [0.5, 0.6) is 0 Å². The van der Waals surface area contributed by atoms with E-state index in [1.807, 2.05) is 17.7 Å². The van der Waals surface area contributed by atoms with Crippen molar-refractivity contribution < 1.29 is 8.42 Å². The highest BCUT2D eigenvalue weighted by Crippen LogP contribution is 2.14. The van der Waals surface area contributed by atoms with E-state index in [9.17, 15) is 8.42 Å². The topological polar surface area (TPSA) is 63.1 Å². The molecule has 5 nitrogen and oxygen atoms in total. The normalized spacial score (nSPS) is 12.2. The number of sulfonamides is 1. The number of nitrogens with one attached hydrogen (secondary N) is 2. The molecule has 0 bridgehead atoms. The van der Waals surface area contributed by atoms with Crippen LogP contribution in [0.25, 0.3) is 0 Å². The van der Waals surface area contributed by atoms with Crippen LogP contribution in [0.4, 0.5) is 0 Å². The van der Waals surface area contributed by atoms with Crippen molar-refractivity contribution in [2.45, 2.75) is 44.8 Å². The van der Waals surface area contributed by atoms with Gasteiger partial charge in [-0.1, -0.05) is 13.8 Å². The highest BCUT2D eigenvalue weighted by molar-refractivity contribution is 7.98. The highest BCUT2D eigenvalue weighted by Gasteiger charge is 2.17. The van der Waals surface area contributed by atoms with Gasteiger partial charge in [0.2, 0.25) is 10.0 Å². The first-order valence-electron chi connectivity index (χ1n) is 6.81. The van der Waals surface area contributed by atoms with Crippen molar-refractivity contribution in [2.75, 3.05) is 18.6 Å². The second-order valence-electron chi connectivity index (χ2n) is 4.88. The molecular weight excluding hydrogens is 294 g/mol. The monoisotopic (exact) mass is 319 g/mol. The molecule has 0 saturated heterocycles. The van der Waals surface area contributed by atoms with Gasteiger partial charge in [0.25, 0.3) is 0 Å². The average molecular weight is 319 g/mol. The summed E-state index contributed by atoms with van der Waals surface area (Å²) >= 11 is 1.62. The molecule has 116 valence electrons. The summed E-state index contributed by atoms with van der Waals surface area (Å²) in [6.07, 6.45) is 3.66. The minimum atomic E-state index is -3.39. The molecule has 0 amide bonds. The zero-order valence-electron chi connectivity index (χ0n) is 12.6. The number of nitrogens with zero attached hydrogens (tertiary/aromatic N) is 1. The second-order valence-corrected chi connectivity index (χ2v) is 7.63. The Kier molecular flexibility index (Phi) is 7.08. The fourth-order valence-electron chi connectivity index (χ4n) is 1.78. The number of hydrogen-bond acceptors (Lipinski definition) is 4. The van der Waals surface area contributed by atoms with Crippen molar-refractivity contribution in [3.63, 3.8) is 0 Å².